The van der Waals surface area contributed by atoms with Crippen LogP contribution in [-0.4, -0.2) is 12.1 Å². The van der Waals surface area contributed by atoms with Crippen molar-refractivity contribution < 1.29 is 0 Å². The fraction of sp³-hybridized carbons (Fsp3) is 0.833. The van der Waals surface area contributed by atoms with E-state index in [-0.39, 0.29) is 6.04 Å². The summed E-state index contributed by atoms with van der Waals surface area (Å²) in [6, 6.07) is 0.798. The molecule has 0 aliphatic carbocycles. The molecule has 0 saturated carbocycles. The minimum Gasteiger partial charge on any atom is -0.301 e. The molecule has 0 saturated heterocycles. The third-order valence-corrected chi connectivity index (χ3v) is 2.09. The van der Waals surface area contributed by atoms with Gasteiger partial charge in [0.1, 0.15) is 0 Å². The molecule has 76 valence electrons. The zero-order valence-corrected chi connectivity index (χ0v) is 9.43. The van der Waals surface area contributed by atoms with Crippen LogP contribution >= 0.6 is 0 Å². The molecule has 0 radical (unpaired) electrons. The van der Waals surface area contributed by atoms with Crippen LogP contribution in [0.1, 0.15) is 47.0 Å². The van der Waals surface area contributed by atoms with Gasteiger partial charge in [-0.2, -0.15) is 0 Å². The molecule has 0 rings (SSSR count). The number of hydrogen-bond donors (Lipinski definition) is 1. The molecule has 0 spiro atoms. The van der Waals surface area contributed by atoms with Crippen LogP contribution in [0.5, 0.6) is 0 Å². The molecule has 0 aliphatic rings. The Kier molecular flexibility index (Phi) is 6.72. The van der Waals surface area contributed by atoms with E-state index in [0.717, 1.165) is 18.8 Å². The van der Waals surface area contributed by atoms with Crippen molar-refractivity contribution >= 4 is 0 Å². The highest BCUT2D eigenvalue weighted by molar-refractivity contribution is 4.99. The standard InChI is InChI=1S/C12H23N/c1-6-8-12(7-2)13-11(5)9-10(3)4/h2,10-13H,6,8-9H2,1,3-5H3. The van der Waals surface area contributed by atoms with Crippen LogP contribution < -0.4 is 5.32 Å². The van der Waals surface area contributed by atoms with Gasteiger partial charge in [-0.1, -0.05) is 33.1 Å². The molecule has 2 unspecified atom stereocenters. The molecule has 0 fully saturated rings. The second-order valence-corrected chi connectivity index (χ2v) is 4.21. The number of hydrogen-bond acceptors (Lipinski definition) is 1. The first-order valence-electron chi connectivity index (χ1n) is 5.32. The van der Waals surface area contributed by atoms with Gasteiger partial charge in [0.15, 0.2) is 0 Å². The summed E-state index contributed by atoms with van der Waals surface area (Å²) in [6.07, 6.45) is 8.85. The summed E-state index contributed by atoms with van der Waals surface area (Å²) in [7, 11) is 0. The maximum Gasteiger partial charge on any atom is 0.0688 e. The summed E-state index contributed by atoms with van der Waals surface area (Å²) >= 11 is 0. The Hall–Kier alpha value is -0.480. The molecule has 0 heterocycles. The van der Waals surface area contributed by atoms with Crippen molar-refractivity contribution in [3.8, 4) is 12.3 Å². The van der Waals surface area contributed by atoms with Crippen molar-refractivity contribution in [1.29, 1.82) is 0 Å². The van der Waals surface area contributed by atoms with Gasteiger partial charge in [0.05, 0.1) is 6.04 Å². The van der Waals surface area contributed by atoms with Crippen LogP contribution in [0.3, 0.4) is 0 Å². The van der Waals surface area contributed by atoms with E-state index in [1.165, 1.54) is 6.42 Å². The van der Waals surface area contributed by atoms with Crippen LogP contribution in [0.25, 0.3) is 0 Å². The quantitative estimate of drug-likeness (QED) is 0.621. The van der Waals surface area contributed by atoms with E-state index in [4.69, 9.17) is 6.42 Å². The minimum absolute atomic E-state index is 0.263. The fourth-order valence-electron chi connectivity index (χ4n) is 1.62. The number of terminal acetylenes is 1. The number of rotatable bonds is 6. The molecule has 0 aromatic heterocycles. The van der Waals surface area contributed by atoms with Gasteiger partial charge in [-0.25, -0.2) is 0 Å². The second-order valence-electron chi connectivity index (χ2n) is 4.21. The van der Waals surface area contributed by atoms with Gasteiger partial charge in [-0.3, -0.25) is 0 Å². The van der Waals surface area contributed by atoms with E-state index in [1.54, 1.807) is 0 Å². The van der Waals surface area contributed by atoms with Gasteiger partial charge in [0.25, 0.3) is 0 Å². The van der Waals surface area contributed by atoms with Crippen molar-refractivity contribution in [3.05, 3.63) is 0 Å². The highest BCUT2D eigenvalue weighted by Crippen LogP contribution is 2.06. The van der Waals surface area contributed by atoms with Gasteiger partial charge in [0.2, 0.25) is 0 Å². The Morgan fingerprint density at radius 2 is 1.92 bits per heavy atom. The lowest BCUT2D eigenvalue weighted by Crippen LogP contribution is -2.36. The van der Waals surface area contributed by atoms with E-state index in [9.17, 15) is 0 Å². The highest BCUT2D eigenvalue weighted by atomic mass is 14.9. The summed E-state index contributed by atoms with van der Waals surface area (Å²) in [5.74, 6) is 3.53. The predicted octanol–water partition coefficient (Wildman–Crippen LogP) is 2.81. The van der Waals surface area contributed by atoms with Crippen LogP contribution in [0.4, 0.5) is 0 Å². The molecule has 0 aliphatic heterocycles. The monoisotopic (exact) mass is 181 g/mol. The lowest BCUT2D eigenvalue weighted by Gasteiger charge is -2.20. The van der Waals surface area contributed by atoms with Crippen LogP contribution in [0.2, 0.25) is 0 Å². The third-order valence-electron chi connectivity index (χ3n) is 2.09. The first-order chi connectivity index (χ1) is 6.10. The summed E-state index contributed by atoms with van der Waals surface area (Å²) in [6.45, 7) is 8.85. The molecule has 0 aromatic carbocycles. The molecule has 2 atom stereocenters. The molecule has 1 N–H and O–H groups in total. The smallest absolute Gasteiger partial charge is 0.0688 e. The van der Waals surface area contributed by atoms with Crippen molar-refractivity contribution in [2.45, 2.75) is 59.0 Å². The van der Waals surface area contributed by atoms with E-state index < -0.39 is 0 Å². The minimum atomic E-state index is 0.263. The normalized spacial score (nSPS) is 15.4. The Labute approximate surface area is 83.3 Å². The highest BCUT2D eigenvalue weighted by Gasteiger charge is 2.09. The molecule has 0 amide bonds. The van der Waals surface area contributed by atoms with Crippen LogP contribution in [0, 0.1) is 18.3 Å². The van der Waals surface area contributed by atoms with Gasteiger partial charge in [-0.05, 0) is 25.7 Å². The zero-order chi connectivity index (χ0) is 10.3. The average Bonchev–Trinajstić information content (AvgIpc) is 2.02. The lowest BCUT2D eigenvalue weighted by atomic mass is 10.0. The molecule has 13 heavy (non-hydrogen) atoms. The first kappa shape index (κ1) is 12.5. The maximum atomic E-state index is 5.43. The summed E-state index contributed by atoms with van der Waals surface area (Å²) < 4.78 is 0. The Balaban J connectivity index is 3.74. The summed E-state index contributed by atoms with van der Waals surface area (Å²) in [4.78, 5) is 0. The largest absolute Gasteiger partial charge is 0.301 e. The van der Waals surface area contributed by atoms with E-state index >= 15 is 0 Å². The van der Waals surface area contributed by atoms with Gasteiger partial charge >= 0.3 is 0 Å². The average molecular weight is 181 g/mol. The van der Waals surface area contributed by atoms with E-state index in [2.05, 4.69) is 38.9 Å². The van der Waals surface area contributed by atoms with Crippen molar-refractivity contribution in [2.75, 3.05) is 0 Å². The Morgan fingerprint density at radius 3 is 2.31 bits per heavy atom. The molecule has 0 bridgehead atoms. The first-order valence-corrected chi connectivity index (χ1v) is 5.32. The Morgan fingerprint density at radius 1 is 1.31 bits per heavy atom. The van der Waals surface area contributed by atoms with Crippen molar-refractivity contribution in [2.24, 2.45) is 5.92 Å². The third kappa shape index (κ3) is 6.66. The molecule has 0 aromatic rings. The van der Waals surface area contributed by atoms with Crippen molar-refractivity contribution in [3.63, 3.8) is 0 Å². The summed E-state index contributed by atoms with van der Waals surface area (Å²) in [5.41, 5.74) is 0. The fourth-order valence-corrected chi connectivity index (χ4v) is 1.62. The zero-order valence-electron chi connectivity index (χ0n) is 9.43. The van der Waals surface area contributed by atoms with Crippen molar-refractivity contribution in [1.82, 2.24) is 5.32 Å². The molecule has 1 heteroatoms. The van der Waals surface area contributed by atoms with Crippen LogP contribution in [0.15, 0.2) is 0 Å². The maximum absolute atomic E-state index is 5.43. The molecule has 1 nitrogen and oxygen atoms in total. The SMILES string of the molecule is C#CC(CCC)NC(C)CC(C)C. The second kappa shape index (κ2) is 6.97. The van der Waals surface area contributed by atoms with Crippen LogP contribution in [-0.2, 0) is 0 Å². The topological polar surface area (TPSA) is 12.0 Å². The number of nitrogens with one attached hydrogen (secondary N) is 1. The van der Waals surface area contributed by atoms with Gasteiger partial charge in [0, 0.05) is 6.04 Å². The Bertz CT molecular complexity index is 155. The summed E-state index contributed by atoms with van der Waals surface area (Å²) in [5, 5.41) is 3.46. The molecular formula is C12H23N. The predicted molar refractivity (Wildman–Crippen MR) is 59.6 cm³/mol. The van der Waals surface area contributed by atoms with E-state index in [0.29, 0.717) is 6.04 Å². The van der Waals surface area contributed by atoms with E-state index in [1.807, 2.05) is 0 Å². The van der Waals surface area contributed by atoms with Gasteiger partial charge in [-0.15, -0.1) is 6.42 Å². The lowest BCUT2D eigenvalue weighted by molar-refractivity contribution is 0.411. The molecular weight excluding hydrogens is 158 g/mol. The van der Waals surface area contributed by atoms with Gasteiger partial charge < -0.3 is 5.32 Å².